The van der Waals surface area contributed by atoms with Gasteiger partial charge in [0.15, 0.2) is 0 Å². The van der Waals surface area contributed by atoms with Gasteiger partial charge in [-0.05, 0) is 48.9 Å². The van der Waals surface area contributed by atoms with E-state index in [9.17, 15) is 4.57 Å². The SMILES string of the molecule is CCO[P@@](=O)(c1ccc(N(C)C)cc1)[C@H](Nc1ccccc1)c1ccccc1. The Bertz CT molecular complexity index is 912. The van der Waals surface area contributed by atoms with E-state index >= 15 is 0 Å². The van der Waals surface area contributed by atoms with E-state index in [-0.39, 0.29) is 0 Å². The molecule has 0 amide bonds. The van der Waals surface area contributed by atoms with Gasteiger partial charge in [0.05, 0.1) is 6.61 Å². The molecule has 5 heteroatoms. The van der Waals surface area contributed by atoms with Gasteiger partial charge in [0.1, 0.15) is 5.78 Å². The highest BCUT2D eigenvalue weighted by Gasteiger charge is 2.37. The molecule has 0 bridgehead atoms. The van der Waals surface area contributed by atoms with Crippen LogP contribution in [0.2, 0.25) is 0 Å². The Morgan fingerprint density at radius 3 is 2.00 bits per heavy atom. The van der Waals surface area contributed by atoms with Crippen LogP contribution in [0, 0.1) is 0 Å². The Kier molecular flexibility index (Phi) is 6.56. The van der Waals surface area contributed by atoms with Crippen molar-refractivity contribution in [2.75, 3.05) is 30.9 Å². The zero-order chi connectivity index (χ0) is 20.0. The second kappa shape index (κ2) is 9.09. The molecule has 0 aliphatic heterocycles. The van der Waals surface area contributed by atoms with Crippen LogP contribution in [0.15, 0.2) is 84.9 Å². The molecule has 3 aromatic carbocycles. The van der Waals surface area contributed by atoms with E-state index < -0.39 is 13.2 Å². The fourth-order valence-electron chi connectivity index (χ4n) is 3.14. The average molecular weight is 394 g/mol. The van der Waals surface area contributed by atoms with Crippen LogP contribution in [-0.2, 0) is 9.09 Å². The Labute approximate surface area is 167 Å². The van der Waals surface area contributed by atoms with Crippen molar-refractivity contribution in [2.24, 2.45) is 0 Å². The maximum absolute atomic E-state index is 14.3. The number of benzene rings is 3. The van der Waals surface area contributed by atoms with Gasteiger partial charge in [-0.1, -0.05) is 48.5 Å². The molecule has 0 spiro atoms. The van der Waals surface area contributed by atoms with Crippen molar-refractivity contribution < 1.29 is 9.09 Å². The molecule has 1 N–H and O–H groups in total. The van der Waals surface area contributed by atoms with E-state index in [0.29, 0.717) is 11.9 Å². The van der Waals surface area contributed by atoms with Crippen LogP contribution in [0.1, 0.15) is 18.3 Å². The highest BCUT2D eigenvalue weighted by molar-refractivity contribution is 7.67. The van der Waals surface area contributed by atoms with Crippen LogP contribution in [-0.4, -0.2) is 20.7 Å². The summed E-state index contributed by atoms with van der Waals surface area (Å²) in [6.07, 6.45) is 0. The summed E-state index contributed by atoms with van der Waals surface area (Å²) in [4.78, 5) is 2.02. The summed E-state index contributed by atoms with van der Waals surface area (Å²) in [5.41, 5.74) is 2.89. The summed E-state index contributed by atoms with van der Waals surface area (Å²) in [7, 11) is 0.725. The molecular formula is C23H27N2O2P. The second-order valence-corrected chi connectivity index (χ2v) is 9.23. The minimum absolute atomic E-state index is 0.368. The van der Waals surface area contributed by atoms with E-state index in [1.807, 2.05) is 111 Å². The van der Waals surface area contributed by atoms with Gasteiger partial charge in [0.2, 0.25) is 0 Å². The molecule has 0 saturated carbocycles. The number of para-hydroxylation sites is 1. The van der Waals surface area contributed by atoms with Crippen LogP contribution < -0.4 is 15.5 Å². The standard InChI is InChI=1S/C23H27N2O2P/c1-4-27-28(26,22-17-15-21(16-18-22)25(2)3)23(19-11-7-5-8-12-19)24-20-13-9-6-10-14-20/h5-18,23-24H,4H2,1-3H3/t23-,28-/m0/s1. The number of nitrogens with one attached hydrogen (secondary N) is 1. The summed E-state index contributed by atoms with van der Waals surface area (Å²) in [6, 6.07) is 27.5. The Hall–Kier alpha value is -2.55. The molecule has 0 aliphatic carbocycles. The molecule has 0 radical (unpaired) electrons. The third-order valence-electron chi connectivity index (χ3n) is 4.58. The summed E-state index contributed by atoms with van der Waals surface area (Å²) < 4.78 is 20.3. The lowest BCUT2D eigenvalue weighted by Crippen LogP contribution is -2.21. The average Bonchev–Trinajstić information content (AvgIpc) is 2.73. The molecular weight excluding hydrogens is 367 g/mol. The number of nitrogens with zero attached hydrogens (tertiary/aromatic N) is 1. The first kappa shape index (κ1) is 20.2. The van der Waals surface area contributed by atoms with Gasteiger partial charge in [0.25, 0.3) is 7.37 Å². The third kappa shape index (κ3) is 4.46. The fourth-order valence-corrected chi connectivity index (χ4v) is 5.57. The second-order valence-electron chi connectivity index (χ2n) is 6.75. The van der Waals surface area contributed by atoms with Crippen molar-refractivity contribution in [3.63, 3.8) is 0 Å². The highest BCUT2D eigenvalue weighted by Crippen LogP contribution is 2.59. The molecule has 3 rings (SSSR count). The lowest BCUT2D eigenvalue weighted by Gasteiger charge is -2.30. The van der Waals surface area contributed by atoms with Crippen molar-refractivity contribution in [3.05, 3.63) is 90.5 Å². The quantitative estimate of drug-likeness (QED) is 0.512. The highest BCUT2D eigenvalue weighted by atomic mass is 31.2. The monoisotopic (exact) mass is 394 g/mol. The van der Waals surface area contributed by atoms with E-state index in [1.165, 1.54) is 0 Å². The van der Waals surface area contributed by atoms with Gasteiger partial charge in [-0.25, -0.2) is 0 Å². The minimum atomic E-state index is -3.25. The molecule has 0 aromatic heterocycles. The lowest BCUT2D eigenvalue weighted by atomic mass is 10.2. The molecule has 0 fully saturated rings. The van der Waals surface area contributed by atoms with Crippen molar-refractivity contribution in [1.29, 1.82) is 0 Å². The zero-order valence-corrected chi connectivity index (χ0v) is 17.5. The van der Waals surface area contributed by atoms with Crippen LogP contribution in [0.3, 0.4) is 0 Å². The molecule has 2 atom stereocenters. The Balaban J connectivity index is 2.08. The van der Waals surface area contributed by atoms with Crippen LogP contribution in [0.25, 0.3) is 0 Å². The predicted molar refractivity (Wildman–Crippen MR) is 119 cm³/mol. The van der Waals surface area contributed by atoms with Gasteiger partial charge >= 0.3 is 0 Å². The topological polar surface area (TPSA) is 41.6 Å². The number of hydrogen-bond donors (Lipinski definition) is 1. The largest absolute Gasteiger partial charge is 0.378 e. The minimum Gasteiger partial charge on any atom is -0.378 e. The molecule has 4 nitrogen and oxygen atoms in total. The smallest absolute Gasteiger partial charge is 0.258 e. The van der Waals surface area contributed by atoms with E-state index in [1.54, 1.807) is 0 Å². The fraction of sp³-hybridized carbons (Fsp3) is 0.217. The normalized spacial score (nSPS) is 14.1. The summed E-state index contributed by atoms with van der Waals surface area (Å²) >= 11 is 0. The molecule has 0 aliphatic rings. The summed E-state index contributed by atoms with van der Waals surface area (Å²) in [5, 5.41) is 4.16. The van der Waals surface area contributed by atoms with Gasteiger partial charge in [-0.3, -0.25) is 4.57 Å². The summed E-state index contributed by atoms with van der Waals surface area (Å²) in [6.45, 7) is 2.25. The van der Waals surface area contributed by atoms with E-state index in [0.717, 1.165) is 16.9 Å². The van der Waals surface area contributed by atoms with E-state index in [2.05, 4.69) is 5.32 Å². The van der Waals surface area contributed by atoms with Crippen LogP contribution in [0.5, 0.6) is 0 Å². The van der Waals surface area contributed by atoms with E-state index in [4.69, 9.17) is 4.52 Å². The first-order valence-corrected chi connectivity index (χ1v) is 11.1. The van der Waals surface area contributed by atoms with Crippen molar-refractivity contribution in [3.8, 4) is 0 Å². The molecule has 0 heterocycles. The van der Waals surface area contributed by atoms with Crippen LogP contribution in [0.4, 0.5) is 11.4 Å². The van der Waals surface area contributed by atoms with Gasteiger partial charge in [0, 0.05) is 30.8 Å². The van der Waals surface area contributed by atoms with Crippen molar-refractivity contribution in [2.45, 2.75) is 12.7 Å². The van der Waals surface area contributed by atoms with Gasteiger partial charge < -0.3 is 14.7 Å². The molecule has 28 heavy (non-hydrogen) atoms. The predicted octanol–water partition coefficient (Wildman–Crippen LogP) is 5.50. The summed E-state index contributed by atoms with van der Waals surface area (Å²) in [5.74, 6) is -0.485. The number of anilines is 2. The Morgan fingerprint density at radius 1 is 0.893 bits per heavy atom. The molecule has 0 unspecified atom stereocenters. The van der Waals surface area contributed by atoms with Gasteiger partial charge in [-0.15, -0.1) is 0 Å². The van der Waals surface area contributed by atoms with Crippen LogP contribution >= 0.6 is 7.37 Å². The lowest BCUT2D eigenvalue weighted by molar-refractivity contribution is 0.335. The van der Waals surface area contributed by atoms with Crippen molar-refractivity contribution in [1.82, 2.24) is 0 Å². The molecule has 3 aromatic rings. The van der Waals surface area contributed by atoms with Crippen molar-refractivity contribution >= 4 is 24.0 Å². The maximum atomic E-state index is 14.3. The third-order valence-corrected chi connectivity index (χ3v) is 7.35. The number of rotatable bonds is 8. The van der Waals surface area contributed by atoms with Gasteiger partial charge in [-0.2, -0.15) is 0 Å². The first-order valence-electron chi connectivity index (χ1n) is 9.43. The molecule has 0 saturated heterocycles. The molecule has 146 valence electrons. The number of hydrogen-bond acceptors (Lipinski definition) is 4. The Morgan fingerprint density at radius 2 is 1.46 bits per heavy atom. The zero-order valence-electron chi connectivity index (χ0n) is 16.6. The maximum Gasteiger partial charge on any atom is 0.258 e. The first-order chi connectivity index (χ1) is 13.5.